The van der Waals surface area contributed by atoms with E-state index in [0.29, 0.717) is 22.8 Å². The molecule has 0 radical (unpaired) electrons. The molecule has 2 heterocycles. The van der Waals surface area contributed by atoms with Gasteiger partial charge in [-0.3, -0.25) is 4.79 Å². The van der Waals surface area contributed by atoms with Crippen LogP contribution in [0.1, 0.15) is 13.8 Å². The smallest absolute Gasteiger partial charge is 0.247 e. The number of nitrogens with zero attached hydrogens (tertiary/aromatic N) is 4. The van der Waals surface area contributed by atoms with E-state index in [9.17, 15) is 13.2 Å². The minimum absolute atomic E-state index is 0.142. The average molecular weight is 600 g/mol. The molecule has 11 nitrogen and oxygen atoms in total. The summed E-state index contributed by atoms with van der Waals surface area (Å²) in [5, 5.41) is 8.66. The number of likely N-dealkylation sites (N-methyl/N-ethyl adjacent to an activating group) is 1. The average Bonchev–Trinajstić information content (AvgIpc) is 2.95. The van der Waals surface area contributed by atoms with Crippen LogP contribution in [0.4, 0.5) is 34.5 Å². The van der Waals surface area contributed by atoms with Crippen molar-refractivity contribution >= 4 is 61.9 Å². The van der Waals surface area contributed by atoms with Gasteiger partial charge in [0.05, 0.1) is 46.2 Å². The molecule has 0 spiro atoms. The molecule has 1 fully saturated rings. The Morgan fingerprint density at radius 1 is 1.10 bits per heavy atom. The number of sulfone groups is 1. The van der Waals surface area contributed by atoms with Gasteiger partial charge in [-0.15, -0.1) is 0 Å². The molecular weight excluding hydrogens is 566 g/mol. The third-order valence-corrected chi connectivity index (χ3v) is 9.15. The zero-order valence-corrected chi connectivity index (χ0v) is 25.0. The van der Waals surface area contributed by atoms with E-state index in [1.54, 1.807) is 45.2 Å². The lowest BCUT2D eigenvalue weighted by molar-refractivity contribution is -0.111. The van der Waals surface area contributed by atoms with Crippen molar-refractivity contribution in [2.75, 3.05) is 61.2 Å². The Bertz CT molecular complexity index is 1540. The monoisotopic (exact) mass is 599 g/mol. The molecular formula is C28H34ClN7O4S. The van der Waals surface area contributed by atoms with Crippen LogP contribution in [0.3, 0.4) is 0 Å². The number of carbonyl (C=O) groups is 1. The van der Waals surface area contributed by atoms with Gasteiger partial charge in [0, 0.05) is 32.2 Å². The first-order valence-corrected chi connectivity index (χ1v) is 14.9. The Kier molecular flexibility index (Phi) is 9.36. The predicted molar refractivity (Wildman–Crippen MR) is 164 cm³/mol. The fourth-order valence-electron chi connectivity index (χ4n) is 4.26. The fourth-order valence-corrected chi connectivity index (χ4v) is 5.60. The highest BCUT2D eigenvalue weighted by molar-refractivity contribution is 7.92. The lowest BCUT2D eigenvalue weighted by Crippen LogP contribution is -2.44. The molecule has 0 saturated carbocycles. The van der Waals surface area contributed by atoms with Crippen LogP contribution in [0.2, 0.25) is 5.02 Å². The summed E-state index contributed by atoms with van der Waals surface area (Å²) < 4.78 is 31.5. The van der Waals surface area contributed by atoms with Crippen LogP contribution in [0.25, 0.3) is 0 Å². The molecule has 0 bridgehead atoms. The van der Waals surface area contributed by atoms with Gasteiger partial charge in [0.15, 0.2) is 15.7 Å². The van der Waals surface area contributed by atoms with E-state index in [-0.39, 0.29) is 27.6 Å². The Morgan fingerprint density at radius 2 is 1.80 bits per heavy atom. The molecule has 1 aliphatic rings. The highest BCUT2D eigenvalue weighted by atomic mass is 35.5. The van der Waals surface area contributed by atoms with Gasteiger partial charge in [-0.2, -0.15) is 4.98 Å². The van der Waals surface area contributed by atoms with Gasteiger partial charge in [0.1, 0.15) is 10.8 Å². The molecule has 0 aliphatic carbocycles. The summed E-state index contributed by atoms with van der Waals surface area (Å²) in [5.74, 6) is 0.550. The van der Waals surface area contributed by atoms with Crippen molar-refractivity contribution in [3.05, 3.63) is 60.3 Å². The van der Waals surface area contributed by atoms with E-state index in [2.05, 4.69) is 49.3 Å². The van der Waals surface area contributed by atoms with E-state index in [4.69, 9.17) is 16.3 Å². The quantitative estimate of drug-likeness (QED) is 0.282. The molecule has 3 aromatic rings. The number of hydrogen-bond donors (Lipinski definition) is 3. The molecule has 218 valence electrons. The Balaban J connectivity index is 1.69. The van der Waals surface area contributed by atoms with E-state index in [1.807, 2.05) is 6.07 Å². The highest BCUT2D eigenvalue weighted by Gasteiger charge is 2.24. The Hall–Kier alpha value is -3.87. The number of piperazine rings is 1. The molecule has 41 heavy (non-hydrogen) atoms. The maximum absolute atomic E-state index is 12.9. The van der Waals surface area contributed by atoms with Crippen molar-refractivity contribution in [1.29, 1.82) is 0 Å². The molecule has 1 aliphatic heterocycles. The van der Waals surface area contributed by atoms with Crippen LogP contribution < -0.4 is 25.6 Å². The molecule has 2 aromatic carbocycles. The first-order valence-electron chi connectivity index (χ1n) is 13.0. The van der Waals surface area contributed by atoms with Crippen LogP contribution in [-0.4, -0.2) is 74.8 Å². The summed E-state index contributed by atoms with van der Waals surface area (Å²) in [6.07, 6.45) is 2.62. The van der Waals surface area contributed by atoms with E-state index in [1.165, 1.54) is 18.3 Å². The van der Waals surface area contributed by atoms with Crippen molar-refractivity contribution in [2.45, 2.75) is 24.0 Å². The lowest BCUT2D eigenvalue weighted by atomic mass is 10.1. The molecule has 1 amide bonds. The zero-order valence-electron chi connectivity index (χ0n) is 23.4. The van der Waals surface area contributed by atoms with E-state index < -0.39 is 15.1 Å². The second-order valence-electron chi connectivity index (χ2n) is 9.78. The van der Waals surface area contributed by atoms with Crippen molar-refractivity contribution in [1.82, 2.24) is 14.9 Å². The number of carbonyl (C=O) groups excluding carboxylic acids is 1. The summed E-state index contributed by atoms with van der Waals surface area (Å²) in [7, 11) is 0.0545. The topological polar surface area (TPSA) is 129 Å². The second kappa shape index (κ2) is 12.8. The van der Waals surface area contributed by atoms with Crippen molar-refractivity contribution in [2.24, 2.45) is 0 Å². The van der Waals surface area contributed by atoms with E-state index >= 15 is 0 Å². The summed E-state index contributed by atoms with van der Waals surface area (Å²) in [5.41, 5.74) is 2.23. The van der Waals surface area contributed by atoms with Gasteiger partial charge in [0.25, 0.3) is 0 Å². The molecule has 4 rings (SSSR count). The van der Waals surface area contributed by atoms with Crippen molar-refractivity contribution in [3.63, 3.8) is 0 Å². The summed E-state index contributed by atoms with van der Waals surface area (Å²) in [6, 6.07) is 10.2. The SMILES string of the molecule is C=CC(=O)Nc1cc(Nc2ncc(Cl)c(Nc3ccccc3S(=O)(=O)C(C)C)n2)c(OC)cc1N1CCN(C)CC1. The number of amides is 1. The normalized spacial score (nSPS) is 14.0. The van der Waals surface area contributed by atoms with Crippen LogP contribution in [0.15, 0.2) is 60.1 Å². The highest BCUT2D eigenvalue weighted by Crippen LogP contribution is 2.39. The Morgan fingerprint density at radius 3 is 2.46 bits per heavy atom. The van der Waals surface area contributed by atoms with Crippen LogP contribution in [0, 0.1) is 0 Å². The number of hydrogen-bond acceptors (Lipinski definition) is 10. The van der Waals surface area contributed by atoms with Gasteiger partial charge in [-0.05, 0) is 45.2 Å². The largest absolute Gasteiger partial charge is 0.494 e. The van der Waals surface area contributed by atoms with Crippen molar-refractivity contribution in [3.8, 4) is 5.75 Å². The van der Waals surface area contributed by atoms with Gasteiger partial charge in [-0.1, -0.05) is 30.3 Å². The molecule has 1 saturated heterocycles. The maximum atomic E-state index is 12.9. The molecule has 3 N–H and O–H groups in total. The summed E-state index contributed by atoms with van der Waals surface area (Å²) in [6.45, 7) is 10.1. The molecule has 1 aromatic heterocycles. The van der Waals surface area contributed by atoms with Crippen LogP contribution >= 0.6 is 11.6 Å². The second-order valence-corrected chi connectivity index (χ2v) is 12.7. The standard InChI is InChI=1S/C28H34ClN7O4S/c1-6-26(37)31-21-15-22(24(40-5)16-23(21)36-13-11-35(4)12-14-36)33-28-30-17-19(29)27(34-28)32-20-9-7-8-10-25(20)41(38,39)18(2)3/h6-10,15-18H,1,11-14H2,2-5H3,(H,31,37)(H2,30,32,33,34). The van der Waals surface area contributed by atoms with Crippen LogP contribution in [0.5, 0.6) is 5.75 Å². The zero-order chi connectivity index (χ0) is 29.7. The number of para-hydroxylation sites is 1. The first kappa shape index (κ1) is 30.1. The van der Waals surface area contributed by atoms with Crippen molar-refractivity contribution < 1.29 is 17.9 Å². The molecule has 13 heteroatoms. The van der Waals surface area contributed by atoms with Gasteiger partial charge < -0.3 is 30.5 Å². The third kappa shape index (κ3) is 6.89. The number of rotatable bonds is 10. The first-order chi connectivity index (χ1) is 19.5. The van der Waals surface area contributed by atoms with Gasteiger partial charge in [0.2, 0.25) is 11.9 Å². The minimum atomic E-state index is -3.57. The lowest BCUT2D eigenvalue weighted by Gasteiger charge is -2.35. The number of nitrogens with one attached hydrogen (secondary N) is 3. The molecule has 0 unspecified atom stereocenters. The minimum Gasteiger partial charge on any atom is -0.494 e. The number of aromatic nitrogens is 2. The third-order valence-electron chi connectivity index (χ3n) is 6.66. The fraction of sp³-hybridized carbons (Fsp3) is 0.321. The maximum Gasteiger partial charge on any atom is 0.247 e. The number of halogens is 1. The van der Waals surface area contributed by atoms with E-state index in [0.717, 1.165) is 31.9 Å². The van der Waals surface area contributed by atoms with Crippen LogP contribution in [-0.2, 0) is 14.6 Å². The molecule has 0 atom stereocenters. The van der Waals surface area contributed by atoms with Gasteiger partial charge >= 0.3 is 0 Å². The summed E-state index contributed by atoms with van der Waals surface area (Å²) in [4.78, 5) is 25.7. The summed E-state index contributed by atoms with van der Waals surface area (Å²) >= 11 is 6.40. The predicted octanol–water partition coefficient (Wildman–Crippen LogP) is 4.68. The van der Waals surface area contributed by atoms with Gasteiger partial charge in [-0.25, -0.2) is 13.4 Å². The number of methoxy groups -OCH3 is 1. The number of anilines is 6. The Labute approximate surface area is 245 Å². The number of ether oxygens (including phenoxy) is 1. The number of benzene rings is 2.